The lowest BCUT2D eigenvalue weighted by atomic mass is 9.94. The van der Waals surface area contributed by atoms with Crippen LogP contribution in [0.3, 0.4) is 0 Å². The number of esters is 1. The average Bonchev–Trinajstić information content (AvgIpc) is 2.93. The first-order valence-corrected chi connectivity index (χ1v) is 16.6. The number of rotatable bonds is 26. The molecule has 0 aliphatic heterocycles. The van der Waals surface area contributed by atoms with Crippen LogP contribution in [-0.2, 0) is 19.1 Å². The molecule has 1 amide bonds. The van der Waals surface area contributed by atoms with Gasteiger partial charge in [-0.1, -0.05) is 104 Å². The third-order valence-corrected chi connectivity index (χ3v) is 7.38. The van der Waals surface area contributed by atoms with Crippen molar-refractivity contribution in [2.75, 3.05) is 13.2 Å². The van der Waals surface area contributed by atoms with Crippen molar-refractivity contribution in [3.63, 3.8) is 0 Å². The molecule has 0 fully saturated rings. The van der Waals surface area contributed by atoms with Crippen LogP contribution in [0.5, 0.6) is 0 Å². The first-order chi connectivity index (χ1) is 19.6. The maximum absolute atomic E-state index is 11.6. The molecule has 3 N–H and O–H groups in total. The van der Waals surface area contributed by atoms with Gasteiger partial charge in [0.25, 0.3) is 0 Å². The summed E-state index contributed by atoms with van der Waals surface area (Å²) < 4.78 is 4.89. The zero-order valence-corrected chi connectivity index (χ0v) is 27.7. The lowest BCUT2D eigenvalue weighted by Gasteiger charge is -2.29. The van der Waals surface area contributed by atoms with Gasteiger partial charge in [0.1, 0.15) is 5.54 Å². The molecule has 0 radical (unpaired) electrons. The summed E-state index contributed by atoms with van der Waals surface area (Å²) in [5.74, 6) is -1.24. The average molecular weight is 583 g/mol. The number of ether oxygens (including phenoxy) is 1. The number of hydrogen-bond acceptors (Lipinski definition) is 5. The van der Waals surface area contributed by atoms with Crippen LogP contribution >= 0.6 is 0 Å². The Morgan fingerprint density at radius 1 is 0.854 bits per heavy atom. The van der Waals surface area contributed by atoms with Crippen LogP contribution in [0.25, 0.3) is 0 Å². The lowest BCUT2D eigenvalue weighted by molar-refractivity contribution is -0.147. The molecule has 0 spiro atoms. The van der Waals surface area contributed by atoms with E-state index >= 15 is 0 Å². The number of unbranched alkanes of at least 4 members (excludes halogenated alkanes) is 12. The SMILES string of the molecule is C=CCCCCCCCCC(=O)NCC(C)C(=O)OCC.CCCCCCCCCC(C)NC(C)(CCC)C(=O)O. The van der Waals surface area contributed by atoms with E-state index < -0.39 is 11.5 Å². The molecule has 0 aromatic heterocycles. The fourth-order valence-electron chi connectivity index (χ4n) is 4.77. The van der Waals surface area contributed by atoms with Crippen LogP contribution in [0.1, 0.15) is 157 Å². The molecule has 0 aliphatic rings. The minimum atomic E-state index is -0.769. The molecule has 0 rings (SSSR count). The predicted octanol–water partition coefficient (Wildman–Crippen LogP) is 8.36. The van der Waals surface area contributed by atoms with E-state index in [0.29, 0.717) is 26.0 Å². The molecule has 7 heteroatoms. The monoisotopic (exact) mass is 582 g/mol. The summed E-state index contributed by atoms with van der Waals surface area (Å²) in [6, 6.07) is 0.276. The van der Waals surface area contributed by atoms with E-state index in [9.17, 15) is 19.5 Å². The second-order valence-electron chi connectivity index (χ2n) is 11.7. The van der Waals surface area contributed by atoms with Gasteiger partial charge in [-0.05, 0) is 52.9 Å². The van der Waals surface area contributed by atoms with Crippen LogP contribution in [0.15, 0.2) is 12.7 Å². The van der Waals surface area contributed by atoms with Crippen LogP contribution in [0.2, 0.25) is 0 Å². The van der Waals surface area contributed by atoms with Crippen LogP contribution < -0.4 is 10.6 Å². The van der Waals surface area contributed by atoms with Gasteiger partial charge < -0.3 is 15.2 Å². The molecule has 0 aliphatic carbocycles. The molecule has 7 nitrogen and oxygen atoms in total. The first-order valence-electron chi connectivity index (χ1n) is 16.6. The highest BCUT2D eigenvalue weighted by atomic mass is 16.5. The van der Waals surface area contributed by atoms with Gasteiger partial charge in [-0.25, -0.2) is 0 Å². The summed E-state index contributed by atoms with van der Waals surface area (Å²) in [6.45, 7) is 16.2. The van der Waals surface area contributed by atoms with Crippen molar-refractivity contribution in [1.29, 1.82) is 0 Å². The van der Waals surface area contributed by atoms with Gasteiger partial charge in [-0.3, -0.25) is 19.7 Å². The molecular weight excluding hydrogens is 516 g/mol. The molecular formula is C34H66N2O5. The van der Waals surface area contributed by atoms with Gasteiger partial charge >= 0.3 is 11.9 Å². The second kappa shape index (κ2) is 28.2. The van der Waals surface area contributed by atoms with E-state index in [4.69, 9.17) is 4.74 Å². The zero-order chi connectivity index (χ0) is 31.4. The van der Waals surface area contributed by atoms with Crippen LogP contribution in [-0.4, -0.2) is 47.7 Å². The van der Waals surface area contributed by atoms with Crippen molar-refractivity contribution >= 4 is 17.8 Å². The number of carbonyl (C=O) groups is 3. The summed E-state index contributed by atoms with van der Waals surface area (Å²) in [7, 11) is 0. The van der Waals surface area contributed by atoms with Gasteiger partial charge in [0.2, 0.25) is 5.91 Å². The van der Waals surface area contributed by atoms with E-state index in [2.05, 4.69) is 31.1 Å². The highest BCUT2D eigenvalue weighted by molar-refractivity contribution is 5.78. The van der Waals surface area contributed by atoms with Crippen molar-refractivity contribution in [2.24, 2.45) is 5.92 Å². The van der Waals surface area contributed by atoms with Gasteiger partial charge in [0.05, 0.1) is 12.5 Å². The van der Waals surface area contributed by atoms with Gasteiger partial charge in [-0.2, -0.15) is 0 Å². The third-order valence-electron chi connectivity index (χ3n) is 7.38. The van der Waals surface area contributed by atoms with E-state index in [1.807, 2.05) is 13.0 Å². The quantitative estimate of drug-likeness (QED) is 0.0538. The Labute approximate surface area is 253 Å². The van der Waals surface area contributed by atoms with Crippen molar-refractivity contribution in [2.45, 2.75) is 169 Å². The number of hydrogen-bond donors (Lipinski definition) is 3. The number of carbonyl (C=O) groups excluding carboxylic acids is 2. The van der Waals surface area contributed by atoms with Crippen molar-refractivity contribution in [3.05, 3.63) is 12.7 Å². The van der Waals surface area contributed by atoms with Gasteiger partial charge in [0.15, 0.2) is 0 Å². The minimum Gasteiger partial charge on any atom is -0.480 e. The molecule has 242 valence electrons. The highest BCUT2D eigenvalue weighted by Gasteiger charge is 2.32. The molecule has 0 saturated carbocycles. The number of carboxylic acid groups (broad SMARTS) is 1. The van der Waals surface area contributed by atoms with Gasteiger partial charge in [-0.15, -0.1) is 6.58 Å². The molecule has 0 heterocycles. The third kappa shape index (κ3) is 25.5. The van der Waals surface area contributed by atoms with Crippen LogP contribution in [0, 0.1) is 5.92 Å². The van der Waals surface area contributed by atoms with Crippen molar-refractivity contribution in [1.82, 2.24) is 10.6 Å². The topological polar surface area (TPSA) is 105 Å². The fraction of sp³-hybridized carbons (Fsp3) is 0.853. The fourth-order valence-corrected chi connectivity index (χ4v) is 4.77. The molecule has 3 unspecified atom stereocenters. The van der Waals surface area contributed by atoms with E-state index in [1.54, 1.807) is 20.8 Å². The first kappa shape index (κ1) is 41.2. The Morgan fingerprint density at radius 2 is 1.41 bits per heavy atom. The zero-order valence-electron chi connectivity index (χ0n) is 27.7. The number of nitrogens with one attached hydrogen (secondary N) is 2. The lowest BCUT2D eigenvalue weighted by Crippen LogP contribution is -2.53. The second-order valence-corrected chi connectivity index (χ2v) is 11.7. The largest absolute Gasteiger partial charge is 0.480 e. The number of aliphatic carboxylic acids is 1. The van der Waals surface area contributed by atoms with E-state index in [0.717, 1.165) is 32.1 Å². The van der Waals surface area contributed by atoms with Crippen molar-refractivity contribution in [3.8, 4) is 0 Å². The van der Waals surface area contributed by atoms with Crippen molar-refractivity contribution < 1.29 is 24.2 Å². The maximum Gasteiger partial charge on any atom is 0.323 e. The number of amides is 1. The Hall–Kier alpha value is -1.89. The predicted molar refractivity (Wildman–Crippen MR) is 172 cm³/mol. The molecule has 0 aromatic carbocycles. The molecule has 41 heavy (non-hydrogen) atoms. The summed E-state index contributed by atoms with van der Waals surface area (Å²) in [5.41, 5.74) is -0.769. The normalized spacial score (nSPS) is 13.7. The Bertz CT molecular complexity index is 670. The summed E-state index contributed by atoms with van der Waals surface area (Å²) >= 11 is 0. The van der Waals surface area contributed by atoms with E-state index in [-0.39, 0.29) is 23.8 Å². The minimum absolute atomic E-state index is 0.0257. The Balaban J connectivity index is 0. The van der Waals surface area contributed by atoms with E-state index in [1.165, 1.54) is 70.6 Å². The summed E-state index contributed by atoms with van der Waals surface area (Å²) in [6.07, 6.45) is 22.3. The molecule has 3 atom stereocenters. The molecule has 0 saturated heterocycles. The smallest absolute Gasteiger partial charge is 0.323 e. The Kier molecular flexibility index (Phi) is 28.4. The van der Waals surface area contributed by atoms with Gasteiger partial charge in [0, 0.05) is 19.0 Å². The highest BCUT2D eigenvalue weighted by Crippen LogP contribution is 2.16. The maximum atomic E-state index is 11.6. The molecule has 0 aromatic rings. The standard InChI is InChI=1S/C17H31NO3.C17H35NO2/c1-4-6-7-8-9-10-11-12-13-16(19)18-14-15(3)17(20)21-5-2;1-5-7-8-9-10-11-12-13-15(3)18-17(4,14-6-2)16(19)20/h4,15H,1,5-14H2,2-3H3,(H,18,19);15,18H,5-14H2,1-4H3,(H,19,20). The number of allylic oxidation sites excluding steroid dienone is 1. The number of carboxylic acids is 1. The summed E-state index contributed by atoms with van der Waals surface area (Å²) in [4.78, 5) is 34.4. The van der Waals surface area contributed by atoms with Crippen LogP contribution in [0.4, 0.5) is 0 Å². The summed E-state index contributed by atoms with van der Waals surface area (Å²) in [5, 5.41) is 15.4. The molecule has 0 bridgehead atoms. The Morgan fingerprint density at radius 3 is 1.95 bits per heavy atom.